The monoisotopic (exact) mass is 343 g/mol. The number of anilines is 2. The first-order valence-electron chi connectivity index (χ1n) is 5.75. The molecule has 0 heterocycles. The molecule has 0 atom stereocenters. The Hall–Kier alpha value is -1.66. The predicted molar refractivity (Wildman–Crippen MR) is 76.3 cm³/mol. The van der Waals surface area contributed by atoms with E-state index in [0.29, 0.717) is 11.4 Å². The van der Waals surface area contributed by atoms with Gasteiger partial charge < -0.3 is 15.2 Å². The lowest BCUT2D eigenvalue weighted by atomic mass is 10.1. The minimum atomic E-state index is -1.03. The standard InChI is InChI=1S/C14H12BrF2NO2/c1-20-12-6-9(3-4-10(12)15)18-14-8(7-19)2-5-11(16)13(14)17/h2-6,18-19H,7H2,1H3. The Labute approximate surface area is 123 Å². The van der Waals surface area contributed by atoms with Gasteiger partial charge in [0.25, 0.3) is 0 Å². The summed E-state index contributed by atoms with van der Waals surface area (Å²) in [4.78, 5) is 0. The Morgan fingerprint density at radius 2 is 2.00 bits per heavy atom. The zero-order valence-electron chi connectivity index (χ0n) is 10.6. The lowest BCUT2D eigenvalue weighted by molar-refractivity contribution is 0.281. The summed E-state index contributed by atoms with van der Waals surface area (Å²) in [6.07, 6.45) is 0. The molecule has 20 heavy (non-hydrogen) atoms. The van der Waals surface area contributed by atoms with Crippen LogP contribution in [0.15, 0.2) is 34.8 Å². The second-order valence-electron chi connectivity index (χ2n) is 4.03. The van der Waals surface area contributed by atoms with Gasteiger partial charge in [-0.05, 0) is 34.1 Å². The molecule has 0 aliphatic carbocycles. The van der Waals surface area contributed by atoms with Crippen LogP contribution in [-0.4, -0.2) is 12.2 Å². The summed E-state index contributed by atoms with van der Waals surface area (Å²) in [6.45, 7) is -0.396. The lowest BCUT2D eigenvalue weighted by Crippen LogP contribution is -2.02. The summed E-state index contributed by atoms with van der Waals surface area (Å²) in [5.41, 5.74) is 0.701. The maximum atomic E-state index is 13.8. The molecule has 0 aromatic heterocycles. The quantitative estimate of drug-likeness (QED) is 0.882. The van der Waals surface area contributed by atoms with Crippen molar-refractivity contribution in [3.05, 3.63) is 52.0 Å². The van der Waals surface area contributed by atoms with E-state index in [2.05, 4.69) is 21.2 Å². The molecule has 0 unspecified atom stereocenters. The first-order chi connectivity index (χ1) is 9.56. The third-order valence-electron chi connectivity index (χ3n) is 2.77. The number of aliphatic hydroxyl groups excluding tert-OH is 1. The number of methoxy groups -OCH3 is 1. The minimum Gasteiger partial charge on any atom is -0.495 e. The van der Waals surface area contributed by atoms with Crippen molar-refractivity contribution in [1.29, 1.82) is 0 Å². The zero-order chi connectivity index (χ0) is 14.7. The molecule has 2 aromatic carbocycles. The fourth-order valence-corrected chi connectivity index (χ4v) is 2.15. The van der Waals surface area contributed by atoms with Crippen LogP contribution in [-0.2, 0) is 6.61 Å². The van der Waals surface area contributed by atoms with Gasteiger partial charge in [-0.3, -0.25) is 0 Å². The van der Waals surface area contributed by atoms with E-state index in [9.17, 15) is 13.9 Å². The Bertz CT molecular complexity index is 635. The molecule has 2 aromatic rings. The molecule has 0 saturated carbocycles. The topological polar surface area (TPSA) is 41.5 Å². The number of hydrogen-bond donors (Lipinski definition) is 2. The smallest absolute Gasteiger partial charge is 0.182 e. The molecule has 2 rings (SSSR count). The lowest BCUT2D eigenvalue weighted by Gasteiger charge is -2.13. The Morgan fingerprint density at radius 1 is 1.25 bits per heavy atom. The number of nitrogens with one attached hydrogen (secondary N) is 1. The molecular weight excluding hydrogens is 332 g/mol. The number of hydrogen-bond acceptors (Lipinski definition) is 3. The van der Waals surface area contributed by atoms with Crippen molar-refractivity contribution in [2.45, 2.75) is 6.61 Å². The van der Waals surface area contributed by atoms with Gasteiger partial charge in [-0.2, -0.15) is 0 Å². The van der Waals surface area contributed by atoms with Crippen LogP contribution in [0.25, 0.3) is 0 Å². The van der Waals surface area contributed by atoms with Crippen molar-refractivity contribution in [1.82, 2.24) is 0 Å². The molecule has 0 spiro atoms. The van der Waals surface area contributed by atoms with E-state index in [4.69, 9.17) is 4.74 Å². The highest BCUT2D eigenvalue weighted by Gasteiger charge is 2.14. The van der Waals surface area contributed by atoms with Crippen molar-refractivity contribution in [3.8, 4) is 5.75 Å². The van der Waals surface area contributed by atoms with Crippen LogP contribution in [0.1, 0.15) is 5.56 Å². The van der Waals surface area contributed by atoms with Gasteiger partial charge in [-0.25, -0.2) is 8.78 Å². The van der Waals surface area contributed by atoms with Gasteiger partial charge in [-0.15, -0.1) is 0 Å². The third kappa shape index (κ3) is 2.91. The van der Waals surface area contributed by atoms with E-state index in [1.165, 1.54) is 13.2 Å². The van der Waals surface area contributed by atoms with Crippen molar-refractivity contribution < 1.29 is 18.6 Å². The highest BCUT2D eigenvalue weighted by molar-refractivity contribution is 9.10. The molecular formula is C14H12BrF2NO2. The fourth-order valence-electron chi connectivity index (χ4n) is 1.74. The van der Waals surface area contributed by atoms with E-state index in [1.807, 2.05) is 0 Å². The number of benzene rings is 2. The summed E-state index contributed by atoms with van der Waals surface area (Å²) in [5, 5.41) is 12.0. The van der Waals surface area contributed by atoms with Gasteiger partial charge in [-0.1, -0.05) is 6.07 Å². The van der Waals surface area contributed by atoms with Gasteiger partial charge in [0.15, 0.2) is 11.6 Å². The van der Waals surface area contributed by atoms with Crippen LogP contribution in [0.4, 0.5) is 20.2 Å². The summed E-state index contributed by atoms with van der Waals surface area (Å²) in [6, 6.07) is 7.34. The maximum absolute atomic E-state index is 13.8. The summed E-state index contributed by atoms with van der Waals surface area (Å²) >= 11 is 3.30. The summed E-state index contributed by atoms with van der Waals surface area (Å²) in [5.74, 6) is -1.45. The number of halogens is 3. The predicted octanol–water partition coefficient (Wildman–Crippen LogP) is 3.97. The molecule has 106 valence electrons. The molecule has 6 heteroatoms. The van der Waals surface area contributed by atoms with Crippen LogP contribution in [0, 0.1) is 11.6 Å². The normalized spacial score (nSPS) is 10.4. The molecule has 3 nitrogen and oxygen atoms in total. The van der Waals surface area contributed by atoms with Gasteiger partial charge in [0.2, 0.25) is 0 Å². The Balaban J connectivity index is 2.41. The summed E-state index contributed by atoms with van der Waals surface area (Å²) < 4.78 is 33.0. The third-order valence-corrected chi connectivity index (χ3v) is 3.43. The highest BCUT2D eigenvalue weighted by Crippen LogP contribution is 2.31. The molecule has 0 fully saturated rings. The molecule has 2 N–H and O–H groups in total. The fraction of sp³-hybridized carbons (Fsp3) is 0.143. The van der Waals surface area contributed by atoms with Crippen LogP contribution < -0.4 is 10.1 Å². The molecule has 0 amide bonds. The molecule has 0 saturated heterocycles. The van der Waals surface area contributed by atoms with Gasteiger partial charge in [0.1, 0.15) is 5.75 Å². The first-order valence-corrected chi connectivity index (χ1v) is 6.54. The van der Waals surface area contributed by atoms with Crippen LogP contribution in [0.5, 0.6) is 5.75 Å². The molecule has 0 aliphatic heterocycles. The largest absolute Gasteiger partial charge is 0.495 e. The van der Waals surface area contributed by atoms with Crippen LogP contribution in [0.3, 0.4) is 0 Å². The zero-order valence-corrected chi connectivity index (χ0v) is 12.2. The van der Waals surface area contributed by atoms with E-state index >= 15 is 0 Å². The van der Waals surface area contributed by atoms with Gasteiger partial charge >= 0.3 is 0 Å². The Morgan fingerprint density at radius 3 is 2.65 bits per heavy atom. The first kappa shape index (κ1) is 14.7. The van der Waals surface area contributed by atoms with Crippen molar-refractivity contribution in [3.63, 3.8) is 0 Å². The molecule has 0 radical (unpaired) electrons. The SMILES string of the molecule is COc1cc(Nc2c(CO)ccc(F)c2F)ccc1Br. The van der Waals surface area contributed by atoms with Gasteiger partial charge in [0.05, 0.1) is 23.9 Å². The van der Waals surface area contributed by atoms with Crippen LogP contribution >= 0.6 is 15.9 Å². The molecule has 0 bridgehead atoms. The molecule has 0 aliphatic rings. The number of aliphatic hydroxyl groups is 1. The van der Waals surface area contributed by atoms with E-state index in [-0.39, 0.29) is 11.3 Å². The number of rotatable bonds is 4. The number of ether oxygens (including phenoxy) is 1. The van der Waals surface area contributed by atoms with Crippen molar-refractivity contribution in [2.75, 3.05) is 12.4 Å². The van der Waals surface area contributed by atoms with Crippen molar-refractivity contribution in [2.24, 2.45) is 0 Å². The minimum absolute atomic E-state index is 0.0862. The average molecular weight is 344 g/mol. The second kappa shape index (κ2) is 6.19. The van der Waals surface area contributed by atoms with E-state index in [1.54, 1.807) is 18.2 Å². The van der Waals surface area contributed by atoms with E-state index < -0.39 is 18.2 Å². The van der Waals surface area contributed by atoms with Gasteiger partial charge in [0, 0.05) is 17.3 Å². The van der Waals surface area contributed by atoms with Crippen LogP contribution in [0.2, 0.25) is 0 Å². The maximum Gasteiger partial charge on any atom is 0.182 e. The van der Waals surface area contributed by atoms with E-state index in [0.717, 1.165) is 10.5 Å². The Kier molecular flexibility index (Phi) is 4.57. The van der Waals surface area contributed by atoms with Crippen molar-refractivity contribution >= 4 is 27.3 Å². The summed E-state index contributed by atoms with van der Waals surface area (Å²) in [7, 11) is 1.51. The average Bonchev–Trinajstić information content (AvgIpc) is 2.46. The highest BCUT2D eigenvalue weighted by atomic mass is 79.9. The second-order valence-corrected chi connectivity index (χ2v) is 4.88.